The predicted molar refractivity (Wildman–Crippen MR) is 72.0 cm³/mol. The highest BCUT2D eigenvalue weighted by atomic mass is 16.4. The lowest BCUT2D eigenvalue weighted by atomic mass is 10.2. The highest BCUT2D eigenvalue weighted by Gasteiger charge is 2.28. The fourth-order valence-corrected chi connectivity index (χ4v) is 2.57. The van der Waals surface area contributed by atoms with Gasteiger partial charge in [-0.2, -0.15) is 5.10 Å². The molecule has 1 aromatic rings. The molecule has 0 saturated heterocycles. The van der Waals surface area contributed by atoms with Gasteiger partial charge in [-0.1, -0.05) is 12.8 Å². The smallest absolute Gasteiger partial charge is 0.323 e. The van der Waals surface area contributed by atoms with Gasteiger partial charge in [-0.3, -0.25) is 9.48 Å². The van der Waals surface area contributed by atoms with E-state index in [2.05, 4.69) is 10.4 Å². The molecular formula is C13H20N4O3. The number of urea groups is 1. The van der Waals surface area contributed by atoms with E-state index in [1.807, 2.05) is 6.20 Å². The minimum atomic E-state index is -0.978. The van der Waals surface area contributed by atoms with Crippen LogP contribution in [0.25, 0.3) is 0 Å². The van der Waals surface area contributed by atoms with E-state index in [4.69, 9.17) is 5.11 Å². The summed E-state index contributed by atoms with van der Waals surface area (Å²) in [5.41, 5.74) is 0.891. The molecule has 0 atom stereocenters. The Hall–Kier alpha value is -2.05. The van der Waals surface area contributed by atoms with Gasteiger partial charge in [0.2, 0.25) is 0 Å². The molecule has 1 saturated carbocycles. The van der Waals surface area contributed by atoms with Gasteiger partial charge in [0.05, 0.1) is 6.20 Å². The first-order valence-corrected chi connectivity index (χ1v) is 6.80. The van der Waals surface area contributed by atoms with Crippen molar-refractivity contribution in [2.45, 2.75) is 38.3 Å². The van der Waals surface area contributed by atoms with Crippen molar-refractivity contribution in [3.63, 3.8) is 0 Å². The van der Waals surface area contributed by atoms with Crippen molar-refractivity contribution < 1.29 is 14.7 Å². The van der Waals surface area contributed by atoms with Gasteiger partial charge in [0, 0.05) is 31.4 Å². The fraction of sp³-hybridized carbons (Fsp3) is 0.615. The zero-order valence-corrected chi connectivity index (χ0v) is 11.6. The van der Waals surface area contributed by atoms with Crippen LogP contribution in [-0.4, -0.2) is 44.4 Å². The number of carbonyl (C=O) groups excluding carboxylic acids is 1. The van der Waals surface area contributed by atoms with E-state index in [1.165, 1.54) is 4.90 Å². The van der Waals surface area contributed by atoms with Crippen molar-refractivity contribution in [1.82, 2.24) is 20.0 Å². The average Bonchev–Trinajstić information content (AvgIpc) is 3.04. The first kappa shape index (κ1) is 14.4. The second kappa shape index (κ2) is 6.40. The van der Waals surface area contributed by atoms with Gasteiger partial charge in [0.1, 0.15) is 6.54 Å². The highest BCUT2D eigenvalue weighted by molar-refractivity contribution is 5.80. The zero-order valence-electron chi connectivity index (χ0n) is 11.6. The van der Waals surface area contributed by atoms with E-state index in [0.717, 1.165) is 31.2 Å². The van der Waals surface area contributed by atoms with Crippen LogP contribution in [0.15, 0.2) is 12.4 Å². The highest BCUT2D eigenvalue weighted by Crippen LogP contribution is 2.23. The molecular weight excluding hydrogens is 260 g/mol. The summed E-state index contributed by atoms with van der Waals surface area (Å²) in [4.78, 5) is 24.5. The number of hydrogen-bond acceptors (Lipinski definition) is 3. The maximum Gasteiger partial charge on any atom is 0.323 e. The quantitative estimate of drug-likeness (QED) is 0.841. The van der Waals surface area contributed by atoms with Crippen molar-refractivity contribution in [3.8, 4) is 0 Å². The van der Waals surface area contributed by atoms with E-state index < -0.39 is 5.97 Å². The monoisotopic (exact) mass is 280 g/mol. The lowest BCUT2D eigenvalue weighted by molar-refractivity contribution is -0.138. The Morgan fingerprint density at radius 2 is 2.20 bits per heavy atom. The van der Waals surface area contributed by atoms with Crippen molar-refractivity contribution in [3.05, 3.63) is 18.0 Å². The topological polar surface area (TPSA) is 87.5 Å². The zero-order chi connectivity index (χ0) is 14.5. The number of carboxylic acid groups (broad SMARTS) is 1. The fourth-order valence-electron chi connectivity index (χ4n) is 2.57. The molecule has 0 radical (unpaired) electrons. The standard InChI is InChI=1S/C13H20N4O3/c1-16-8-10(7-15-16)6-14-13(20)17(9-12(18)19)11-4-2-3-5-11/h7-8,11H,2-6,9H2,1H3,(H,14,20)(H,18,19). The normalized spacial score (nSPS) is 15.2. The van der Waals surface area contributed by atoms with E-state index >= 15 is 0 Å². The number of aliphatic carboxylic acids is 1. The number of amides is 2. The molecule has 0 aromatic carbocycles. The molecule has 0 aliphatic heterocycles. The Balaban J connectivity index is 1.93. The number of aromatic nitrogens is 2. The second-order valence-electron chi connectivity index (χ2n) is 5.14. The minimum absolute atomic E-state index is 0.0417. The number of carboxylic acids is 1. The molecule has 1 fully saturated rings. The summed E-state index contributed by atoms with van der Waals surface area (Å²) >= 11 is 0. The first-order valence-electron chi connectivity index (χ1n) is 6.80. The Kier molecular flexibility index (Phi) is 4.60. The van der Waals surface area contributed by atoms with Gasteiger partial charge in [0.15, 0.2) is 0 Å². The number of nitrogens with one attached hydrogen (secondary N) is 1. The summed E-state index contributed by atoms with van der Waals surface area (Å²) in [5.74, 6) is -0.978. The molecule has 1 aromatic heterocycles. The van der Waals surface area contributed by atoms with Gasteiger partial charge < -0.3 is 15.3 Å². The molecule has 1 heterocycles. The Morgan fingerprint density at radius 1 is 1.50 bits per heavy atom. The van der Waals surface area contributed by atoms with Crippen LogP contribution in [0, 0.1) is 0 Å². The summed E-state index contributed by atoms with van der Waals surface area (Å²) in [6, 6.07) is -0.275. The first-order chi connectivity index (χ1) is 9.56. The largest absolute Gasteiger partial charge is 0.480 e. The van der Waals surface area contributed by atoms with Crippen LogP contribution in [0.3, 0.4) is 0 Å². The predicted octanol–water partition coefficient (Wildman–Crippen LogP) is 0.959. The maximum absolute atomic E-state index is 12.2. The van der Waals surface area contributed by atoms with Crippen LogP contribution in [0.1, 0.15) is 31.2 Å². The van der Waals surface area contributed by atoms with E-state index in [9.17, 15) is 9.59 Å². The van der Waals surface area contributed by atoms with Crippen LogP contribution in [0.4, 0.5) is 4.79 Å². The molecule has 7 nitrogen and oxygen atoms in total. The molecule has 20 heavy (non-hydrogen) atoms. The lowest BCUT2D eigenvalue weighted by Crippen LogP contribution is -2.47. The van der Waals surface area contributed by atoms with E-state index in [0.29, 0.717) is 6.54 Å². The Bertz CT molecular complexity index is 480. The van der Waals surface area contributed by atoms with Crippen LogP contribution >= 0.6 is 0 Å². The van der Waals surface area contributed by atoms with Crippen LogP contribution < -0.4 is 5.32 Å². The summed E-state index contributed by atoms with van der Waals surface area (Å²) in [6.45, 7) is 0.110. The van der Waals surface area contributed by atoms with Crippen molar-refractivity contribution in [2.24, 2.45) is 7.05 Å². The minimum Gasteiger partial charge on any atom is -0.480 e. The second-order valence-corrected chi connectivity index (χ2v) is 5.14. The van der Waals surface area contributed by atoms with Gasteiger partial charge in [-0.25, -0.2) is 4.79 Å². The summed E-state index contributed by atoms with van der Waals surface area (Å²) < 4.78 is 1.66. The van der Waals surface area contributed by atoms with Gasteiger partial charge >= 0.3 is 12.0 Å². The molecule has 1 aliphatic rings. The van der Waals surface area contributed by atoms with Crippen molar-refractivity contribution in [2.75, 3.05) is 6.54 Å². The number of nitrogens with zero attached hydrogens (tertiary/aromatic N) is 3. The number of hydrogen-bond donors (Lipinski definition) is 2. The summed E-state index contributed by atoms with van der Waals surface area (Å²) in [7, 11) is 1.81. The molecule has 7 heteroatoms. The van der Waals surface area contributed by atoms with E-state index in [1.54, 1.807) is 17.9 Å². The molecule has 0 bridgehead atoms. The van der Waals surface area contributed by atoms with Crippen LogP contribution in [-0.2, 0) is 18.4 Å². The molecule has 0 spiro atoms. The lowest BCUT2D eigenvalue weighted by Gasteiger charge is -2.27. The van der Waals surface area contributed by atoms with Crippen LogP contribution in [0.2, 0.25) is 0 Å². The number of rotatable bonds is 5. The number of carbonyl (C=O) groups is 2. The molecule has 2 N–H and O–H groups in total. The van der Waals surface area contributed by atoms with Gasteiger partial charge in [-0.15, -0.1) is 0 Å². The molecule has 110 valence electrons. The third-order valence-corrected chi connectivity index (χ3v) is 3.53. The average molecular weight is 280 g/mol. The molecule has 2 amide bonds. The van der Waals surface area contributed by atoms with Crippen molar-refractivity contribution >= 4 is 12.0 Å². The van der Waals surface area contributed by atoms with E-state index in [-0.39, 0.29) is 18.6 Å². The number of aryl methyl sites for hydroxylation is 1. The van der Waals surface area contributed by atoms with Crippen LogP contribution in [0.5, 0.6) is 0 Å². The Morgan fingerprint density at radius 3 is 2.75 bits per heavy atom. The molecule has 1 aliphatic carbocycles. The molecule has 2 rings (SSSR count). The SMILES string of the molecule is Cn1cc(CNC(=O)N(CC(=O)O)C2CCCC2)cn1. The third kappa shape index (κ3) is 3.72. The van der Waals surface area contributed by atoms with Gasteiger partial charge in [-0.05, 0) is 12.8 Å². The van der Waals surface area contributed by atoms with Crippen molar-refractivity contribution in [1.29, 1.82) is 0 Å². The Labute approximate surface area is 117 Å². The molecule has 0 unspecified atom stereocenters. The summed E-state index contributed by atoms with van der Waals surface area (Å²) in [5, 5.41) is 15.7. The third-order valence-electron chi connectivity index (χ3n) is 3.53. The maximum atomic E-state index is 12.2. The summed E-state index contributed by atoms with van der Waals surface area (Å²) in [6.07, 6.45) is 7.36. The van der Waals surface area contributed by atoms with Gasteiger partial charge in [0.25, 0.3) is 0 Å².